The molecule has 1 saturated carbocycles. The highest BCUT2D eigenvalue weighted by Crippen LogP contribution is 2.39. The second-order valence-electron chi connectivity index (χ2n) is 7.10. The van der Waals surface area contributed by atoms with Crippen molar-refractivity contribution in [3.63, 3.8) is 0 Å². The van der Waals surface area contributed by atoms with Crippen molar-refractivity contribution in [2.24, 2.45) is 11.3 Å². The molecule has 118 valence electrons. The van der Waals surface area contributed by atoms with E-state index in [1.54, 1.807) is 0 Å². The summed E-state index contributed by atoms with van der Waals surface area (Å²) in [5.41, 5.74) is 0.558. The number of nitrogens with one attached hydrogen (secondary N) is 1. The lowest BCUT2D eigenvalue weighted by Gasteiger charge is -2.45. The van der Waals surface area contributed by atoms with Crippen LogP contribution >= 0.6 is 11.8 Å². The van der Waals surface area contributed by atoms with Gasteiger partial charge in [-0.15, -0.1) is 0 Å². The maximum atomic E-state index is 3.66. The van der Waals surface area contributed by atoms with E-state index in [0.717, 1.165) is 17.7 Å². The molecule has 0 radical (unpaired) electrons. The van der Waals surface area contributed by atoms with Gasteiger partial charge >= 0.3 is 0 Å². The fourth-order valence-electron chi connectivity index (χ4n) is 3.80. The molecule has 20 heavy (non-hydrogen) atoms. The smallest absolute Gasteiger partial charge is 0.0172 e. The average molecular weight is 299 g/mol. The highest BCUT2D eigenvalue weighted by molar-refractivity contribution is 8.00. The predicted molar refractivity (Wildman–Crippen MR) is 91.6 cm³/mol. The lowest BCUT2D eigenvalue weighted by Crippen LogP contribution is -2.49. The van der Waals surface area contributed by atoms with Crippen molar-refractivity contribution in [1.82, 2.24) is 10.2 Å². The average Bonchev–Trinajstić information content (AvgIpc) is 2.48. The molecule has 3 heteroatoms. The number of nitrogens with zero attached hydrogens (tertiary/aromatic N) is 1. The van der Waals surface area contributed by atoms with Crippen molar-refractivity contribution in [1.29, 1.82) is 0 Å². The van der Waals surface area contributed by atoms with Gasteiger partial charge in [0.25, 0.3) is 0 Å². The summed E-state index contributed by atoms with van der Waals surface area (Å²) in [4.78, 5) is 2.78. The van der Waals surface area contributed by atoms with Crippen LogP contribution in [0, 0.1) is 11.3 Å². The van der Waals surface area contributed by atoms with Gasteiger partial charge in [-0.3, -0.25) is 0 Å². The summed E-state index contributed by atoms with van der Waals surface area (Å²) in [5.74, 6) is 2.29. The summed E-state index contributed by atoms with van der Waals surface area (Å²) in [6, 6.07) is 0. The molecule has 2 aliphatic rings. The van der Waals surface area contributed by atoms with Crippen molar-refractivity contribution in [2.75, 3.05) is 38.5 Å². The Labute approximate surface area is 130 Å². The topological polar surface area (TPSA) is 15.3 Å². The highest BCUT2D eigenvalue weighted by Gasteiger charge is 2.36. The highest BCUT2D eigenvalue weighted by atomic mass is 32.2. The number of rotatable bonds is 6. The molecule has 0 aromatic rings. The van der Waals surface area contributed by atoms with Crippen LogP contribution in [-0.2, 0) is 0 Å². The molecule has 1 aliphatic heterocycles. The summed E-state index contributed by atoms with van der Waals surface area (Å²) in [6.45, 7) is 13.3. The summed E-state index contributed by atoms with van der Waals surface area (Å²) in [5, 5.41) is 4.53. The molecule has 1 heterocycles. The molecular formula is C17H34N2S. The molecule has 1 aliphatic carbocycles. The van der Waals surface area contributed by atoms with E-state index in [1.165, 1.54) is 64.0 Å². The van der Waals surface area contributed by atoms with E-state index in [2.05, 4.69) is 42.7 Å². The fraction of sp³-hybridized carbons (Fsp3) is 1.00. The third-order valence-corrected chi connectivity index (χ3v) is 6.69. The Hall–Kier alpha value is 0.270. The first-order valence-corrected chi connectivity index (χ1v) is 9.77. The van der Waals surface area contributed by atoms with Gasteiger partial charge in [-0.25, -0.2) is 0 Å². The normalized spacial score (nSPS) is 36.1. The first kappa shape index (κ1) is 16.6. The molecule has 1 saturated heterocycles. The SMILES string of the molecule is CCNCC1(CN2CCSC(CC)C2)CCC(C)CC1. The second-order valence-corrected chi connectivity index (χ2v) is 8.51. The molecule has 0 spiro atoms. The van der Waals surface area contributed by atoms with E-state index in [-0.39, 0.29) is 0 Å². The zero-order chi connectivity index (χ0) is 14.4. The van der Waals surface area contributed by atoms with E-state index in [0.29, 0.717) is 5.41 Å². The number of thioether (sulfide) groups is 1. The molecule has 0 amide bonds. The zero-order valence-electron chi connectivity index (χ0n) is 13.8. The van der Waals surface area contributed by atoms with Crippen molar-refractivity contribution in [2.45, 2.75) is 58.1 Å². The number of hydrogen-bond donors (Lipinski definition) is 1. The van der Waals surface area contributed by atoms with E-state index in [9.17, 15) is 0 Å². The molecule has 1 atom stereocenters. The van der Waals surface area contributed by atoms with E-state index < -0.39 is 0 Å². The monoisotopic (exact) mass is 298 g/mol. The lowest BCUT2D eigenvalue weighted by molar-refractivity contribution is 0.0882. The minimum absolute atomic E-state index is 0.558. The van der Waals surface area contributed by atoms with Crippen LogP contribution in [0.4, 0.5) is 0 Å². The summed E-state index contributed by atoms with van der Waals surface area (Å²) in [7, 11) is 0. The van der Waals surface area contributed by atoms with Gasteiger partial charge in [0, 0.05) is 37.2 Å². The standard InChI is InChI=1S/C17H34N2S/c1-4-16-12-19(10-11-20-16)14-17(13-18-5-2)8-6-15(3)7-9-17/h15-16,18H,4-14H2,1-3H3. The van der Waals surface area contributed by atoms with Crippen LogP contribution in [0.15, 0.2) is 0 Å². The molecule has 1 unspecified atom stereocenters. The molecule has 0 aromatic carbocycles. The largest absolute Gasteiger partial charge is 0.316 e. The van der Waals surface area contributed by atoms with E-state index >= 15 is 0 Å². The van der Waals surface area contributed by atoms with Crippen LogP contribution in [-0.4, -0.2) is 48.6 Å². The lowest BCUT2D eigenvalue weighted by atomic mass is 9.70. The first-order chi connectivity index (χ1) is 9.67. The Kier molecular flexibility index (Phi) is 6.70. The molecule has 2 rings (SSSR count). The minimum Gasteiger partial charge on any atom is -0.316 e. The Balaban J connectivity index is 1.92. The molecular weight excluding hydrogens is 264 g/mol. The van der Waals surface area contributed by atoms with Crippen molar-refractivity contribution < 1.29 is 0 Å². The van der Waals surface area contributed by atoms with Gasteiger partial charge in [0.1, 0.15) is 0 Å². The summed E-state index contributed by atoms with van der Waals surface area (Å²) in [6.07, 6.45) is 7.07. The fourth-order valence-corrected chi connectivity index (χ4v) is 5.05. The van der Waals surface area contributed by atoms with Crippen molar-refractivity contribution >= 4 is 11.8 Å². The van der Waals surface area contributed by atoms with Crippen molar-refractivity contribution in [3.05, 3.63) is 0 Å². The Bertz CT molecular complexity index is 269. The first-order valence-electron chi connectivity index (χ1n) is 8.72. The number of hydrogen-bond acceptors (Lipinski definition) is 3. The van der Waals surface area contributed by atoms with Crippen LogP contribution in [0.25, 0.3) is 0 Å². The quantitative estimate of drug-likeness (QED) is 0.806. The Morgan fingerprint density at radius 2 is 2.00 bits per heavy atom. The van der Waals surface area contributed by atoms with Crippen LogP contribution in [0.2, 0.25) is 0 Å². The summed E-state index contributed by atoms with van der Waals surface area (Å²) < 4.78 is 0. The van der Waals surface area contributed by atoms with Gasteiger partial charge in [-0.2, -0.15) is 11.8 Å². The molecule has 2 nitrogen and oxygen atoms in total. The molecule has 0 aromatic heterocycles. The molecule has 0 bridgehead atoms. The van der Waals surface area contributed by atoms with Crippen LogP contribution in [0.3, 0.4) is 0 Å². The molecule has 2 fully saturated rings. The minimum atomic E-state index is 0.558. The Morgan fingerprint density at radius 3 is 2.65 bits per heavy atom. The predicted octanol–water partition coefficient (Wildman–Crippen LogP) is 3.62. The van der Waals surface area contributed by atoms with Crippen LogP contribution < -0.4 is 5.32 Å². The second kappa shape index (κ2) is 8.05. The third-order valence-electron chi connectivity index (χ3n) is 5.32. The van der Waals surface area contributed by atoms with Gasteiger partial charge in [-0.05, 0) is 37.1 Å². The van der Waals surface area contributed by atoms with E-state index in [4.69, 9.17) is 0 Å². The van der Waals surface area contributed by atoms with Gasteiger partial charge < -0.3 is 10.2 Å². The Morgan fingerprint density at radius 1 is 1.25 bits per heavy atom. The van der Waals surface area contributed by atoms with Crippen LogP contribution in [0.1, 0.15) is 52.9 Å². The van der Waals surface area contributed by atoms with Gasteiger partial charge in [-0.1, -0.05) is 33.6 Å². The molecule has 1 N–H and O–H groups in total. The van der Waals surface area contributed by atoms with Crippen LogP contribution in [0.5, 0.6) is 0 Å². The van der Waals surface area contributed by atoms with Gasteiger partial charge in [0.15, 0.2) is 0 Å². The third kappa shape index (κ3) is 4.64. The zero-order valence-corrected chi connectivity index (χ0v) is 14.6. The van der Waals surface area contributed by atoms with Gasteiger partial charge in [0.2, 0.25) is 0 Å². The van der Waals surface area contributed by atoms with Crippen molar-refractivity contribution in [3.8, 4) is 0 Å². The maximum absolute atomic E-state index is 3.66. The maximum Gasteiger partial charge on any atom is 0.0172 e. The van der Waals surface area contributed by atoms with E-state index in [1.807, 2.05) is 0 Å². The summed E-state index contributed by atoms with van der Waals surface area (Å²) >= 11 is 2.19. The van der Waals surface area contributed by atoms with Gasteiger partial charge in [0.05, 0.1) is 0 Å².